The van der Waals surface area contributed by atoms with Crippen LogP contribution in [0.4, 0.5) is 4.39 Å². The Labute approximate surface area is 119 Å². The average Bonchev–Trinajstić information content (AvgIpc) is 2.98. The van der Waals surface area contributed by atoms with Gasteiger partial charge >= 0.3 is 0 Å². The molecule has 0 aliphatic heterocycles. The molecular weight excluding hydrogens is 281 g/mol. The molecule has 1 amide bonds. The fourth-order valence-electron chi connectivity index (χ4n) is 1.68. The van der Waals surface area contributed by atoms with Gasteiger partial charge in [-0.3, -0.25) is 4.79 Å². The number of methoxy groups -OCH3 is 1. The van der Waals surface area contributed by atoms with E-state index in [-0.39, 0.29) is 17.9 Å². The Morgan fingerprint density at radius 2 is 2.30 bits per heavy atom. The summed E-state index contributed by atoms with van der Waals surface area (Å²) in [7, 11) is 1.36. The number of thiophene rings is 1. The van der Waals surface area contributed by atoms with Crippen molar-refractivity contribution in [1.29, 1.82) is 0 Å². The van der Waals surface area contributed by atoms with Crippen LogP contribution in [0.2, 0.25) is 0 Å². The lowest BCUT2D eigenvalue weighted by Crippen LogP contribution is -2.28. The number of carbonyl (C=O) groups is 1. The normalized spacial score (nSPS) is 11.9. The van der Waals surface area contributed by atoms with Gasteiger partial charge in [0.15, 0.2) is 11.6 Å². The van der Waals surface area contributed by atoms with E-state index in [1.54, 1.807) is 6.07 Å². The smallest absolute Gasteiger partial charge is 0.251 e. The van der Waals surface area contributed by atoms with Crippen LogP contribution in [-0.2, 0) is 0 Å². The van der Waals surface area contributed by atoms with E-state index in [4.69, 9.17) is 4.74 Å². The van der Waals surface area contributed by atoms with Crippen LogP contribution in [0.1, 0.15) is 21.3 Å². The number of carbonyl (C=O) groups excluding carboxylic acids is 1. The molecule has 1 atom stereocenters. The van der Waals surface area contributed by atoms with Gasteiger partial charge in [-0.05, 0) is 29.6 Å². The first-order valence-corrected chi connectivity index (χ1v) is 6.83. The maximum absolute atomic E-state index is 13.5. The van der Waals surface area contributed by atoms with Gasteiger partial charge in [-0.15, -0.1) is 11.3 Å². The molecule has 0 spiro atoms. The Hall–Kier alpha value is -1.92. The van der Waals surface area contributed by atoms with Crippen molar-refractivity contribution in [3.8, 4) is 5.75 Å². The quantitative estimate of drug-likeness (QED) is 0.890. The SMILES string of the molecule is COc1ccc(C(=O)NC[C@@H](O)c2cccs2)cc1F. The molecule has 0 saturated carbocycles. The van der Waals surface area contributed by atoms with Crippen molar-refractivity contribution in [2.45, 2.75) is 6.10 Å². The summed E-state index contributed by atoms with van der Waals surface area (Å²) in [4.78, 5) is 12.6. The number of aliphatic hydroxyl groups excluding tert-OH is 1. The highest BCUT2D eigenvalue weighted by Gasteiger charge is 2.13. The first-order chi connectivity index (χ1) is 9.61. The van der Waals surface area contributed by atoms with Crippen molar-refractivity contribution in [3.63, 3.8) is 0 Å². The van der Waals surface area contributed by atoms with Crippen molar-refractivity contribution in [2.75, 3.05) is 13.7 Å². The number of halogens is 1. The topological polar surface area (TPSA) is 58.6 Å². The summed E-state index contributed by atoms with van der Waals surface area (Å²) in [6.07, 6.45) is -0.762. The van der Waals surface area contributed by atoms with E-state index in [1.165, 1.54) is 30.6 Å². The van der Waals surface area contributed by atoms with Crippen LogP contribution in [-0.4, -0.2) is 24.7 Å². The summed E-state index contributed by atoms with van der Waals surface area (Å²) in [5.41, 5.74) is 0.182. The van der Waals surface area contributed by atoms with Gasteiger partial charge in [0.25, 0.3) is 5.91 Å². The molecule has 2 aromatic rings. The van der Waals surface area contributed by atoms with Crippen LogP contribution < -0.4 is 10.1 Å². The molecule has 0 aliphatic carbocycles. The number of benzene rings is 1. The van der Waals surface area contributed by atoms with Gasteiger partial charge in [-0.25, -0.2) is 4.39 Å². The fraction of sp³-hybridized carbons (Fsp3) is 0.214. The van der Waals surface area contributed by atoms with Crippen molar-refractivity contribution >= 4 is 17.2 Å². The third-order valence-electron chi connectivity index (χ3n) is 2.74. The molecule has 20 heavy (non-hydrogen) atoms. The standard InChI is InChI=1S/C14H14FNO3S/c1-19-12-5-4-9(7-10(12)15)14(18)16-8-11(17)13-3-2-6-20-13/h2-7,11,17H,8H2,1H3,(H,16,18)/t11-/m1/s1. The number of aliphatic hydroxyl groups is 1. The molecule has 2 N–H and O–H groups in total. The Morgan fingerprint density at radius 3 is 2.90 bits per heavy atom. The Morgan fingerprint density at radius 1 is 1.50 bits per heavy atom. The van der Waals surface area contributed by atoms with Crippen LogP contribution in [0.5, 0.6) is 5.75 Å². The van der Waals surface area contributed by atoms with Gasteiger partial charge in [0, 0.05) is 17.0 Å². The number of ether oxygens (including phenoxy) is 1. The number of rotatable bonds is 5. The molecule has 0 radical (unpaired) electrons. The monoisotopic (exact) mass is 295 g/mol. The van der Waals surface area contributed by atoms with Crippen LogP contribution in [0, 0.1) is 5.82 Å². The second-order valence-electron chi connectivity index (χ2n) is 4.09. The maximum Gasteiger partial charge on any atom is 0.251 e. The van der Waals surface area contributed by atoms with Crippen LogP contribution in [0.15, 0.2) is 35.7 Å². The van der Waals surface area contributed by atoms with E-state index in [0.717, 1.165) is 10.9 Å². The van der Waals surface area contributed by atoms with Crippen molar-refractivity contribution in [1.82, 2.24) is 5.32 Å². The zero-order valence-corrected chi connectivity index (χ0v) is 11.6. The van der Waals surface area contributed by atoms with Gasteiger partial charge in [0.1, 0.15) is 6.10 Å². The molecule has 1 aromatic carbocycles. The molecule has 0 saturated heterocycles. The van der Waals surface area contributed by atoms with Crippen molar-refractivity contribution in [3.05, 3.63) is 52.0 Å². The minimum absolute atomic E-state index is 0.0764. The largest absolute Gasteiger partial charge is 0.494 e. The van der Waals surface area contributed by atoms with Crippen molar-refractivity contribution < 1.29 is 19.0 Å². The Bertz CT molecular complexity index is 586. The first-order valence-electron chi connectivity index (χ1n) is 5.95. The Kier molecular flexibility index (Phi) is 4.70. The Balaban J connectivity index is 1.96. The van der Waals surface area contributed by atoms with Gasteiger partial charge in [-0.1, -0.05) is 6.07 Å². The molecular formula is C14H14FNO3S. The third kappa shape index (κ3) is 3.34. The zero-order valence-electron chi connectivity index (χ0n) is 10.8. The van der Waals surface area contributed by atoms with E-state index >= 15 is 0 Å². The number of amides is 1. The first kappa shape index (κ1) is 14.5. The van der Waals surface area contributed by atoms with E-state index < -0.39 is 17.8 Å². The number of hydrogen-bond acceptors (Lipinski definition) is 4. The van der Waals surface area contributed by atoms with Gasteiger partial charge in [0.05, 0.1) is 7.11 Å². The zero-order chi connectivity index (χ0) is 14.5. The molecule has 1 aromatic heterocycles. The summed E-state index contributed by atoms with van der Waals surface area (Å²) < 4.78 is 18.3. The molecule has 0 bridgehead atoms. The number of nitrogens with one attached hydrogen (secondary N) is 1. The fourth-order valence-corrected chi connectivity index (χ4v) is 2.39. The summed E-state index contributed by atoms with van der Waals surface area (Å²) >= 11 is 1.41. The molecule has 106 valence electrons. The third-order valence-corrected chi connectivity index (χ3v) is 3.72. The molecule has 0 fully saturated rings. The highest BCUT2D eigenvalue weighted by atomic mass is 32.1. The second kappa shape index (κ2) is 6.49. The highest BCUT2D eigenvalue weighted by molar-refractivity contribution is 7.10. The summed E-state index contributed by atoms with van der Waals surface area (Å²) in [6, 6.07) is 7.57. The summed E-state index contributed by atoms with van der Waals surface area (Å²) in [6.45, 7) is 0.0764. The maximum atomic E-state index is 13.5. The van der Waals surface area contributed by atoms with E-state index in [9.17, 15) is 14.3 Å². The minimum Gasteiger partial charge on any atom is -0.494 e. The van der Waals surface area contributed by atoms with Crippen LogP contribution >= 0.6 is 11.3 Å². The van der Waals surface area contributed by atoms with Gasteiger partial charge < -0.3 is 15.2 Å². The van der Waals surface area contributed by atoms with Crippen molar-refractivity contribution in [2.24, 2.45) is 0 Å². The highest BCUT2D eigenvalue weighted by Crippen LogP contribution is 2.19. The summed E-state index contributed by atoms with van der Waals surface area (Å²) in [5.74, 6) is -0.957. The summed E-state index contributed by atoms with van der Waals surface area (Å²) in [5, 5.41) is 14.3. The second-order valence-corrected chi connectivity index (χ2v) is 5.07. The molecule has 1 heterocycles. The van der Waals surface area contributed by atoms with Gasteiger partial charge in [0.2, 0.25) is 0 Å². The molecule has 0 unspecified atom stereocenters. The number of hydrogen-bond donors (Lipinski definition) is 2. The lowest BCUT2D eigenvalue weighted by molar-refractivity contribution is 0.0917. The average molecular weight is 295 g/mol. The van der Waals surface area contributed by atoms with Crippen LogP contribution in [0.25, 0.3) is 0 Å². The van der Waals surface area contributed by atoms with E-state index in [0.29, 0.717) is 0 Å². The molecule has 4 nitrogen and oxygen atoms in total. The molecule has 2 rings (SSSR count). The molecule has 0 aliphatic rings. The lowest BCUT2D eigenvalue weighted by Gasteiger charge is -2.10. The van der Waals surface area contributed by atoms with E-state index in [1.807, 2.05) is 11.4 Å². The predicted octanol–water partition coefficient (Wildman–Crippen LogP) is 2.36. The lowest BCUT2D eigenvalue weighted by atomic mass is 10.2. The predicted molar refractivity (Wildman–Crippen MR) is 74.6 cm³/mol. The molecule has 6 heteroatoms. The minimum atomic E-state index is -0.762. The van der Waals surface area contributed by atoms with Gasteiger partial charge in [-0.2, -0.15) is 0 Å². The van der Waals surface area contributed by atoms with Crippen LogP contribution in [0.3, 0.4) is 0 Å². The van der Waals surface area contributed by atoms with E-state index in [2.05, 4.69) is 5.32 Å².